The smallest absolute Gasteiger partial charge is 0.283 e. The largest absolute Gasteiger partial charge is 0.485 e. The second-order valence-corrected chi connectivity index (χ2v) is 7.44. The first-order valence-corrected chi connectivity index (χ1v) is 9.81. The van der Waals surface area contributed by atoms with Crippen LogP contribution < -0.4 is 25.2 Å². The fraction of sp³-hybridized carbons (Fsp3) is 0.318. The van der Waals surface area contributed by atoms with Crippen molar-refractivity contribution in [1.29, 1.82) is 0 Å². The van der Waals surface area contributed by atoms with E-state index in [9.17, 15) is 14.4 Å². The first-order valence-electron chi connectivity index (χ1n) is 9.81. The maximum Gasteiger partial charge on any atom is 0.283 e. The zero-order chi connectivity index (χ0) is 21.3. The average molecular weight is 409 g/mol. The van der Waals surface area contributed by atoms with E-state index in [0.29, 0.717) is 24.5 Å². The predicted octanol–water partition coefficient (Wildman–Crippen LogP) is 1.64. The molecule has 1 saturated heterocycles. The molecule has 0 unspecified atom stereocenters. The number of hydrogen-bond donors (Lipinski definition) is 2. The zero-order valence-electron chi connectivity index (χ0n) is 16.8. The number of hydrazine groups is 1. The van der Waals surface area contributed by atoms with Gasteiger partial charge in [-0.1, -0.05) is 18.2 Å². The molecule has 3 amide bonds. The highest BCUT2D eigenvalue weighted by Crippen LogP contribution is 2.31. The third-order valence-electron chi connectivity index (χ3n) is 5.43. The first kappa shape index (κ1) is 19.8. The second kappa shape index (κ2) is 8.06. The molecule has 8 nitrogen and oxygen atoms in total. The molecular formula is C22H23N3O5. The van der Waals surface area contributed by atoms with Crippen LogP contribution in [0, 0.1) is 19.8 Å². The number of fused-ring (bicyclic) bond motifs is 1. The SMILES string of the molecule is Cc1ccc(N2CC[C@@H](C(=O)NNC(=O)[C@@H]3COc4ccccc4O3)C2=O)cc1C. The van der Waals surface area contributed by atoms with Crippen LogP contribution >= 0.6 is 0 Å². The lowest BCUT2D eigenvalue weighted by molar-refractivity contribution is -0.138. The Morgan fingerprint density at radius 3 is 2.50 bits per heavy atom. The molecule has 2 heterocycles. The highest BCUT2D eigenvalue weighted by atomic mass is 16.6. The van der Waals surface area contributed by atoms with Gasteiger partial charge in [-0.3, -0.25) is 25.2 Å². The van der Waals surface area contributed by atoms with Crippen molar-refractivity contribution in [3.63, 3.8) is 0 Å². The summed E-state index contributed by atoms with van der Waals surface area (Å²) in [5.74, 6) is -1.20. The third-order valence-corrected chi connectivity index (χ3v) is 5.43. The maximum absolute atomic E-state index is 12.7. The lowest BCUT2D eigenvalue weighted by Crippen LogP contribution is -2.52. The number of hydrogen-bond acceptors (Lipinski definition) is 5. The maximum atomic E-state index is 12.7. The molecule has 1 fully saturated rings. The van der Waals surface area contributed by atoms with E-state index in [0.717, 1.165) is 16.8 Å². The summed E-state index contributed by atoms with van der Waals surface area (Å²) in [7, 11) is 0. The number of carbonyl (C=O) groups excluding carboxylic acids is 3. The van der Waals surface area contributed by atoms with Crippen molar-refractivity contribution in [2.45, 2.75) is 26.4 Å². The molecule has 0 bridgehead atoms. The summed E-state index contributed by atoms with van der Waals surface area (Å²) in [6.45, 7) is 4.46. The Balaban J connectivity index is 1.33. The van der Waals surface area contributed by atoms with Gasteiger partial charge in [-0.2, -0.15) is 0 Å². The van der Waals surface area contributed by atoms with Gasteiger partial charge < -0.3 is 14.4 Å². The van der Waals surface area contributed by atoms with Crippen LogP contribution in [0.5, 0.6) is 11.5 Å². The molecule has 2 aliphatic heterocycles. The molecule has 0 aliphatic carbocycles. The van der Waals surface area contributed by atoms with Crippen molar-refractivity contribution in [3.8, 4) is 11.5 Å². The van der Waals surface area contributed by atoms with Crippen LogP contribution in [-0.2, 0) is 14.4 Å². The Hall–Kier alpha value is -3.55. The quantitative estimate of drug-likeness (QED) is 0.594. The van der Waals surface area contributed by atoms with Gasteiger partial charge in [0.15, 0.2) is 11.5 Å². The molecule has 0 aromatic heterocycles. The summed E-state index contributed by atoms with van der Waals surface area (Å²) in [5.41, 5.74) is 7.67. The van der Waals surface area contributed by atoms with Gasteiger partial charge in [0.05, 0.1) is 0 Å². The molecular weight excluding hydrogens is 386 g/mol. The lowest BCUT2D eigenvalue weighted by Gasteiger charge is -2.25. The number of carbonyl (C=O) groups is 3. The van der Waals surface area contributed by atoms with Crippen LogP contribution in [0.2, 0.25) is 0 Å². The standard InChI is InChI=1S/C22H23N3O5/c1-13-7-8-15(11-14(13)2)25-10-9-16(22(25)28)20(26)23-24-21(27)19-12-29-17-5-3-4-6-18(17)30-19/h3-8,11,16,19H,9-10,12H2,1-2H3,(H,23,26)(H,24,27)/t16-,19-/m0/s1. The molecule has 0 radical (unpaired) electrons. The molecule has 8 heteroatoms. The molecule has 30 heavy (non-hydrogen) atoms. The number of nitrogens with one attached hydrogen (secondary N) is 2. The molecule has 2 aromatic rings. The van der Waals surface area contributed by atoms with Crippen LogP contribution in [0.3, 0.4) is 0 Å². The number of ether oxygens (including phenoxy) is 2. The summed E-state index contributed by atoms with van der Waals surface area (Å²) >= 11 is 0. The van der Waals surface area contributed by atoms with E-state index in [-0.39, 0.29) is 12.5 Å². The monoisotopic (exact) mass is 409 g/mol. The molecule has 2 N–H and O–H groups in total. The Bertz CT molecular complexity index is 1010. The van der Waals surface area contributed by atoms with E-state index in [1.165, 1.54) is 0 Å². The Morgan fingerprint density at radius 1 is 1.00 bits per heavy atom. The van der Waals surface area contributed by atoms with E-state index in [2.05, 4.69) is 10.9 Å². The van der Waals surface area contributed by atoms with Gasteiger partial charge in [0.2, 0.25) is 12.0 Å². The van der Waals surface area contributed by atoms with Crippen LogP contribution in [0.1, 0.15) is 17.5 Å². The van der Waals surface area contributed by atoms with Gasteiger partial charge in [0.25, 0.3) is 11.8 Å². The molecule has 156 valence electrons. The summed E-state index contributed by atoms with van der Waals surface area (Å²) in [6.07, 6.45) is -0.518. The Labute approximate surface area is 174 Å². The van der Waals surface area contributed by atoms with E-state index >= 15 is 0 Å². The molecule has 0 spiro atoms. The van der Waals surface area contributed by atoms with E-state index < -0.39 is 23.8 Å². The minimum atomic E-state index is -0.897. The van der Waals surface area contributed by atoms with Crippen molar-refractivity contribution >= 4 is 23.4 Å². The normalized spacial score (nSPS) is 20.1. The Kier molecular flexibility index (Phi) is 5.31. The van der Waals surface area contributed by atoms with Crippen molar-refractivity contribution < 1.29 is 23.9 Å². The number of nitrogens with zero attached hydrogens (tertiary/aromatic N) is 1. The van der Waals surface area contributed by atoms with Crippen LogP contribution in [0.4, 0.5) is 5.69 Å². The summed E-state index contributed by atoms with van der Waals surface area (Å²) in [4.78, 5) is 39.2. The second-order valence-electron chi connectivity index (χ2n) is 7.44. The van der Waals surface area contributed by atoms with Gasteiger partial charge in [0.1, 0.15) is 12.5 Å². The number of amides is 3. The fourth-order valence-corrected chi connectivity index (χ4v) is 3.51. The first-order chi connectivity index (χ1) is 14.4. The number of aryl methyl sites for hydroxylation is 2. The highest BCUT2D eigenvalue weighted by molar-refractivity contribution is 6.09. The molecule has 2 aliphatic rings. The highest BCUT2D eigenvalue weighted by Gasteiger charge is 2.38. The molecule has 2 atom stereocenters. The number of rotatable bonds is 3. The summed E-state index contributed by atoms with van der Waals surface area (Å²) < 4.78 is 11.1. The topological polar surface area (TPSA) is 97.0 Å². The van der Waals surface area contributed by atoms with E-state index in [1.807, 2.05) is 38.1 Å². The third kappa shape index (κ3) is 3.80. The van der Waals surface area contributed by atoms with Gasteiger partial charge in [-0.15, -0.1) is 0 Å². The summed E-state index contributed by atoms with van der Waals surface area (Å²) in [6, 6.07) is 12.8. The van der Waals surface area contributed by atoms with E-state index in [1.54, 1.807) is 23.1 Å². The minimum Gasteiger partial charge on any atom is -0.485 e. The van der Waals surface area contributed by atoms with Crippen molar-refractivity contribution in [2.24, 2.45) is 5.92 Å². The number of benzene rings is 2. The van der Waals surface area contributed by atoms with E-state index in [4.69, 9.17) is 9.47 Å². The fourth-order valence-electron chi connectivity index (χ4n) is 3.51. The van der Waals surface area contributed by atoms with Crippen molar-refractivity contribution in [2.75, 3.05) is 18.1 Å². The van der Waals surface area contributed by atoms with Crippen LogP contribution in [0.15, 0.2) is 42.5 Å². The number of anilines is 1. The zero-order valence-corrected chi connectivity index (χ0v) is 16.8. The molecule has 2 aromatic carbocycles. The Morgan fingerprint density at radius 2 is 1.73 bits per heavy atom. The average Bonchev–Trinajstić information content (AvgIpc) is 3.14. The molecule has 0 saturated carbocycles. The van der Waals surface area contributed by atoms with Gasteiger partial charge in [0, 0.05) is 12.2 Å². The van der Waals surface area contributed by atoms with Crippen molar-refractivity contribution in [3.05, 3.63) is 53.6 Å². The van der Waals surface area contributed by atoms with Crippen LogP contribution in [0.25, 0.3) is 0 Å². The number of para-hydroxylation sites is 2. The van der Waals surface area contributed by atoms with Crippen LogP contribution in [-0.4, -0.2) is 37.0 Å². The van der Waals surface area contributed by atoms with Crippen molar-refractivity contribution in [1.82, 2.24) is 10.9 Å². The summed E-state index contributed by atoms with van der Waals surface area (Å²) in [5, 5.41) is 0. The van der Waals surface area contributed by atoms with Gasteiger partial charge >= 0.3 is 0 Å². The van der Waals surface area contributed by atoms with Gasteiger partial charge in [-0.25, -0.2) is 0 Å². The van der Waals surface area contributed by atoms with Gasteiger partial charge in [-0.05, 0) is 55.7 Å². The molecule has 4 rings (SSSR count). The minimum absolute atomic E-state index is 0.0294. The lowest BCUT2D eigenvalue weighted by atomic mass is 10.1. The predicted molar refractivity (Wildman–Crippen MR) is 109 cm³/mol.